The molecular formula is C18H21N5O2. The van der Waals surface area contributed by atoms with Crippen molar-refractivity contribution in [3.05, 3.63) is 48.2 Å². The number of pyridine rings is 1. The second kappa shape index (κ2) is 6.80. The Kier molecular flexibility index (Phi) is 4.56. The lowest BCUT2D eigenvalue weighted by molar-refractivity contribution is -0.119. The minimum Gasteiger partial charge on any atom is -0.363 e. The normalized spacial score (nSPS) is 16.5. The second-order valence-electron chi connectivity index (χ2n) is 6.18. The van der Waals surface area contributed by atoms with Crippen molar-refractivity contribution in [1.29, 1.82) is 0 Å². The summed E-state index contributed by atoms with van der Waals surface area (Å²) in [6.07, 6.45) is 1.64. The first-order chi connectivity index (χ1) is 12.0. The van der Waals surface area contributed by atoms with Gasteiger partial charge in [0.15, 0.2) is 0 Å². The summed E-state index contributed by atoms with van der Waals surface area (Å²) in [6, 6.07) is 10.1. The van der Waals surface area contributed by atoms with Crippen LogP contribution in [0.5, 0.6) is 0 Å². The molecule has 130 valence electrons. The van der Waals surface area contributed by atoms with E-state index in [-0.39, 0.29) is 11.9 Å². The zero-order valence-corrected chi connectivity index (χ0v) is 14.5. The monoisotopic (exact) mass is 339 g/mol. The lowest BCUT2D eigenvalue weighted by Crippen LogP contribution is -2.45. The summed E-state index contributed by atoms with van der Waals surface area (Å²) < 4.78 is 0. The average molecular weight is 339 g/mol. The van der Waals surface area contributed by atoms with E-state index in [0.29, 0.717) is 12.2 Å². The van der Waals surface area contributed by atoms with Gasteiger partial charge in [0, 0.05) is 37.7 Å². The van der Waals surface area contributed by atoms with Gasteiger partial charge in [0.1, 0.15) is 11.9 Å². The van der Waals surface area contributed by atoms with E-state index < -0.39 is 6.04 Å². The number of urea groups is 1. The van der Waals surface area contributed by atoms with Crippen LogP contribution >= 0.6 is 0 Å². The van der Waals surface area contributed by atoms with E-state index in [0.717, 1.165) is 17.1 Å². The average Bonchev–Trinajstić information content (AvgIpc) is 2.72. The number of rotatable bonds is 2. The molecule has 1 atom stereocenters. The Morgan fingerprint density at radius 3 is 2.84 bits per heavy atom. The first kappa shape index (κ1) is 16.8. The quantitative estimate of drug-likeness (QED) is 0.881. The lowest BCUT2D eigenvalue weighted by atomic mass is 10.1. The Balaban J connectivity index is 1.83. The molecule has 25 heavy (non-hydrogen) atoms. The predicted molar refractivity (Wildman–Crippen MR) is 97.7 cm³/mol. The standard InChI is InChI=1S/C18H21N5O2/c1-12-17(24)21-15-7-5-4-6-13(15)11-23(12)18(25)20-14-8-9-19-16(10-14)22(2)3/h4-10,12H,11H2,1-3H3,(H,21,24)(H,19,20,25). The fourth-order valence-corrected chi connectivity index (χ4v) is 2.66. The summed E-state index contributed by atoms with van der Waals surface area (Å²) in [5.41, 5.74) is 2.28. The van der Waals surface area contributed by atoms with Crippen molar-refractivity contribution in [1.82, 2.24) is 9.88 Å². The van der Waals surface area contributed by atoms with Crippen LogP contribution in [0.2, 0.25) is 0 Å². The van der Waals surface area contributed by atoms with E-state index in [2.05, 4.69) is 15.6 Å². The van der Waals surface area contributed by atoms with Crippen molar-refractivity contribution in [2.24, 2.45) is 0 Å². The number of carbonyl (C=O) groups is 2. The first-order valence-corrected chi connectivity index (χ1v) is 8.05. The largest absolute Gasteiger partial charge is 0.363 e. The molecule has 3 amide bonds. The van der Waals surface area contributed by atoms with Crippen LogP contribution in [0.3, 0.4) is 0 Å². The Bertz CT molecular complexity index is 806. The van der Waals surface area contributed by atoms with Gasteiger partial charge in [-0.2, -0.15) is 0 Å². The highest BCUT2D eigenvalue weighted by molar-refractivity contribution is 6.00. The van der Waals surface area contributed by atoms with Crippen molar-refractivity contribution in [3.8, 4) is 0 Å². The smallest absolute Gasteiger partial charge is 0.322 e. The van der Waals surface area contributed by atoms with Gasteiger partial charge in [0.2, 0.25) is 5.91 Å². The minimum atomic E-state index is -0.581. The molecule has 0 aliphatic carbocycles. The maximum Gasteiger partial charge on any atom is 0.322 e. The van der Waals surface area contributed by atoms with Gasteiger partial charge in [-0.15, -0.1) is 0 Å². The number of carbonyl (C=O) groups excluding carboxylic acids is 2. The van der Waals surface area contributed by atoms with Gasteiger partial charge in [-0.05, 0) is 24.6 Å². The third kappa shape index (κ3) is 3.55. The molecular weight excluding hydrogens is 318 g/mol. The van der Waals surface area contributed by atoms with Gasteiger partial charge in [0.05, 0.1) is 6.54 Å². The van der Waals surface area contributed by atoms with Gasteiger partial charge < -0.3 is 20.4 Å². The number of benzene rings is 1. The van der Waals surface area contributed by atoms with Crippen LogP contribution < -0.4 is 15.5 Å². The van der Waals surface area contributed by atoms with E-state index in [1.54, 1.807) is 25.3 Å². The third-order valence-electron chi connectivity index (χ3n) is 4.18. The van der Waals surface area contributed by atoms with Crippen LogP contribution in [0.25, 0.3) is 0 Å². The Morgan fingerprint density at radius 1 is 1.32 bits per heavy atom. The summed E-state index contributed by atoms with van der Waals surface area (Å²) in [5.74, 6) is 0.536. The van der Waals surface area contributed by atoms with E-state index in [1.807, 2.05) is 43.3 Å². The first-order valence-electron chi connectivity index (χ1n) is 8.05. The molecule has 1 aromatic carbocycles. The minimum absolute atomic E-state index is 0.205. The number of nitrogens with one attached hydrogen (secondary N) is 2. The molecule has 1 aromatic heterocycles. The molecule has 1 aliphatic rings. The molecule has 1 aliphatic heterocycles. The fourth-order valence-electron chi connectivity index (χ4n) is 2.66. The molecule has 0 radical (unpaired) electrons. The van der Waals surface area contributed by atoms with Gasteiger partial charge >= 0.3 is 6.03 Å². The molecule has 2 heterocycles. The molecule has 0 saturated carbocycles. The van der Waals surface area contributed by atoms with Crippen LogP contribution in [0.1, 0.15) is 12.5 Å². The Hall–Kier alpha value is -3.09. The maximum atomic E-state index is 12.8. The molecule has 0 bridgehead atoms. The highest BCUT2D eigenvalue weighted by Gasteiger charge is 2.30. The number of anilines is 3. The summed E-state index contributed by atoms with van der Waals surface area (Å²) >= 11 is 0. The van der Waals surface area contributed by atoms with Crippen molar-refractivity contribution in [2.45, 2.75) is 19.5 Å². The molecule has 2 aromatic rings. The van der Waals surface area contributed by atoms with Gasteiger partial charge in [0.25, 0.3) is 0 Å². The van der Waals surface area contributed by atoms with Crippen LogP contribution in [0.15, 0.2) is 42.6 Å². The summed E-state index contributed by atoms with van der Waals surface area (Å²) in [5, 5.41) is 5.72. The Morgan fingerprint density at radius 2 is 2.08 bits per heavy atom. The molecule has 7 heteroatoms. The number of amides is 3. The zero-order chi connectivity index (χ0) is 18.0. The van der Waals surface area contributed by atoms with Gasteiger partial charge in [-0.25, -0.2) is 9.78 Å². The number of nitrogens with zero attached hydrogens (tertiary/aromatic N) is 3. The highest BCUT2D eigenvalue weighted by Crippen LogP contribution is 2.24. The second-order valence-corrected chi connectivity index (χ2v) is 6.18. The zero-order valence-electron chi connectivity index (χ0n) is 14.5. The molecule has 0 fully saturated rings. The van der Waals surface area contributed by atoms with E-state index >= 15 is 0 Å². The summed E-state index contributed by atoms with van der Waals surface area (Å²) in [4.78, 5) is 32.7. The van der Waals surface area contributed by atoms with Crippen LogP contribution in [-0.2, 0) is 11.3 Å². The molecule has 1 unspecified atom stereocenters. The maximum absolute atomic E-state index is 12.8. The van der Waals surface area contributed by atoms with E-state index in [1.165, 1.54) is 4.90 Å². The fraction of sp³-hybridized carbons (Fsp3) is 0.278. The van der Waals surface area contributed by atoms with E-state index in [4.69, 9.17) is 0 Å². The predicted octanol–water partition coefficient (Wildman–Crippen LogP) is 2.52. The molecule has 0 spiro atoms. The molecule has 3 rings (SSSR count). The number of fused-ring (bicyclic) bond motifs is 1. The third-order valence-corrected chi connectivity index (χ3v) is 4.18. The van der Waals surface area contributed by atoms with Crippen LogP contribution in [0.4, 0.5) is 22.0 Å². The number of aromatic nitrogens is 1. The summed E-state index contributed by atoms with van der Waals surface area (Å²) in [7, 11) is 3.76. The van der Waals surface area contributed by atoms with Crippen molar-refractivity contribution in [2.75, 3.05) is 29.6 Å². The number of hydrogen-bond donors (Lipinski definition) is 2. The van der Waals surface area contributed by atoms with Crippen molar-refractivity contribution >= 4 is 29.1 Å². The lowest BCUT2D eigenvalue weighted by Gasteiger charge is -2.26. The molecule has 0 saturated heterocycles. The van der Waals surface area contributed by atoms with Crippen LogP contribution in [-0.4, -0.2) is 42.0 Å². The number of para-hydroxylation sites is 1. The summed E-state index contributed by atoms with van der Waals surface area (Å²) in [6.45, 7) is 2.08. The highest BCUT2D eigenvalue weighted by atomic mass is 16.2. The topological polar surface area (TPSA) is 77.6 Å². The van der Waals surface area contributed by atoms with Crippen molar-refractivity contribution in [3.63, 3.8) is 0 Å². The Labute approximate surface area is 146 Å². The number of hydrogen-bond acceptors (Lipinski definition) is 4. The SMILES string of the molecule is CC1C(=O)Nc2ccccc2CN1C(=O)Nc1ccnc(N(C)C)c1. The van der Waals surface area contributed by atoms with Gasteiger partial charge in [-0.1, -0.05) is 18.2 Å². The van der Waals surface area contributed by atoms with Crippen LogP contribution in [0, 0.1) is 0 Å². The molecule has 2 N–H and O–H groups in total. The van der Waals surface area contributed by atoms with Gasteiger partial charge in [-0.3, -0.25) is 4.79 Å². The van der Waals surface area contributed by atoms with Crippen molar-refractivity contribution < 1.29 is 9.59 Å². The molecule has 7 nitrogen and oxygen atoms in total. The van der Waals surface area contributed by atoms with E-state index in [9.17, 15) is 9.59 Å².